The predicted molar refractivity (Wildman–Crippen MR) is 127 cm³/mol. The topological polar surface area (TPSA) is 69.7 Å². The SMILES string of the molecule is CC(=O)[C@H]1CC[C@H]2[C@@H]3C[C@@H](C)[C@H]4C[C@H](OC(=O)CCl)CC[C@]4(C)[C@H]3[C@@H](OC(=O)CCl)C[C@]12C. The van der Waals surface area contributed by atoms with Crippen LogP contribution in [0, 0.1) is 46.3 Å². The van der Waals surface area contributed by atoms with E-state index < -0.39 is 0 Å². The van der Waals surface area contributed by atoms with E-state index in [1.807, 2.05) is 0 Å². The molecule has 0 unspecified atom stereocenters. The lowest BCUT2D eigenvalue weighted by molar-refractivity contribution is -0.209. The number of esters is 2. The van der Waals surface area contributed by atoms with E-state index in [9.17, 15) is 14.4 Å². The normalized spacial score (nSPS) is 46.5. The zero-order chi connectivity index (χ0) is 24.1. The van der Waals surface area contributed by atoms with Gasteiger partial charge in [-0.05, 0) is 86.4 Å². The monoisotopic (exact) mass is 500 g/mol. The van der Waals surface area contributed by atoms with Crippen LogP contribution in [0.5, 0.6) is 0 Å². The molecule has 0 aromatic heterocycles. The van der Waals surface area contributed by atoms with Crippen molar-refractivity contribution in [2.45, 2.75) is 84.8 Å². The summed E-state index contributed by atoms with van der Waals surface area (Å²) in [4.78, 5) is 36.8. The molecule has 0 bridgehead atoms. The second-order valence-corrected chi connectivity index (χ2v) is 12.3. The molecule has 4 aliphatic rings. The van der Waals surface area contributed by atoms with Crippen molar-refractivity contribution in [2.75, 3.05) is 11.8 Å². The van der Waals surface area contributed by atoms with Crippen LogP contribution in [0.2, 0.25) is 0 Å². The fourth-order valence-corrected chi connectivity index (χ4v) is 9.22. The van der Waals surface area contributed by atoms with Crippen LogP contribution < -0.4 is 0 Å². The number of Topliss-reactive ketones (excluding diaryl/α,β-unsaturated/α-hetero) is 1. The highest BCUT2D eigenvalue weighted by Crippen LogP contribution is 2.69. The number of fused-ring (bicyclic) bond motifs is 5. The molecule has 0 saturated heterocycles. The van der Waals surface area contributed by atoms with Crippen LogP contribution in [0.1, 0.15) is 72.6 Å². The van der Waals surface area contributed by atoms with E-state index >= 15 is 0 Å². The number of rotatable bonds is 5. The summed E-state index contributed by atoms with van der Waals surface area (Å²) in [7, 11) is 0. The van der Waals surface area contributed by atoms with E-state index in [-0.39, 0.29) is 64.4 Å². The number of alkyl halides is 2. The van der Waals surface area contributed by atoms with Gasteiger partial charge in [-0.15, -0.1) is 23.2 Å². The molecule has 0 spiro atoms. The number of halogens is 2. The lowest BCUT2D eigenvalue weighted by Crippen LogP contribution is -2.62. The molecule has 0 amide bonds. The minimum atomic E-state index is -0.372. The molecule has 0 radical (unpaired) electrons. The smallest absolute Gasteiger partial charge is 0.321 e. The number of ketones is 1. The van der Waals surface area contributed by atoms with Gasteiger partial charge in [0.25, 0.3) is 0 Å². The van der Waals surface area contributed by atoms with Crippen LogP contribution in [0.3, 0.4) is 0 Å². The van der Waals surface area contributed by atoms with Crippen molar-refractivity contribution in [3.63, 3.8) is 0 Å². The van der Waals surface area contributed by atoms with Gasteiger partial charge >= 0.3 is 11.9 Å². The second-order valence-electron chi connectivity index (χ2n) is 11.8. The summed E-state index contributed by atoms with van der Waals surface area (Å²) in [6.07, 6.45) is 6.02. The van der Waals surface area contributed by atoms with Crippen molar-refractivity contribution < 1.29 is 23.9 Å². The molecule has 186 valence electrons. The number of hydrogen-bond acceptors (Lipinski definition) is 5. The maximum atomic E-state index is 12.6. The Morgan fingerprint density at radius 2 is 1.58 bits per heavy atom. The van der Waals surface area contributed by atoms with Crippen molar-refractivity contribution in [1.82, 2.24) is 0 Å². The van der Waals surface area contributed by atoms with Crippen molar-refractivity contribution >= 4 is 40.9 Å². The molecule has 33 heavy (non-hydrogen) atoms. The van der Waals surface area contributed by atoms with Gasteiger partial charge in [-0.25, -0.2) is 0 Å². The van der Waals surface area contributed by atoms with Crippen molar-refractivity contribution in [3.05, 3.63) is 0 Å². The molecule has 4 rings (SSSR count). The molecule has 5 nitrogen and oxygen atoms in total. The highest BCUT2D eigenvalue weighted by atomic mass is 35.5. The number of ether oxygens (including phenoxy) is 2. The summed E-state index contributed by atoms with van der Waals surface area (Å²) in [5.74, 6) is 1.27. The quantitative estimate of drug-likeness (QED) is 0.373. The maximum absolute atomic E-state index is 12.6. The number of carbonyl (C=O) groups is 3. The standard InChI is InChI=1S/C26H38Cl2O5/c1-14-9-17-19-6-5-18(15(2)29)26(19,4)11-21(33-23(31)13-28)24(17)25(3)8-7-16(10-20(14)25)32-22(30)12-27/h14,16-21,24H,5-13H2,1-4H3/t14-,16-,17+,18-,19+,20-,21+,24-,25+,26-/m1/s1. The average Bonchev–Trinajstić information content (AvgIpc) is 3.11. The van der Waals surface area contributed by atoms with E-state index in [2.05, 4.69) is 20.8 Å². The lowest BCUT2D eigenvalue weighted by atomic mass is 9.42. The highest BCUT2D eigenvalue weighted by Gasteiger charge is 2.65. The van der Waals surface area contributed by atoms with Crippen molar-refractivity contribution in [2.24, 2.45) is 46.3 Å². The lowest BCUT2D eigenvalue weighted by Gasteiger charge is -2.64. The molecule has 0 heterocycles. The molecule has 0 N–H and O–H groups in total. The Hall–Kier alpha value is -0.810. The first-order valence-corrected chi connectivity index (χ1v) is 13.6. The molecule has 4 saturated carbocycles. The first-order valence-electron chi connectivity index (χ1n) is 12.6. The Morgan fingerprint density at radius 3 is 2.21 bits per heavy atom. The van der Waals surface area contributed by atoms with E-state index in [4.69, 9.17) is 32.7 Å². The third-order valence-electron chi connectivity index (χ3n) is 10.2. The van der Waals surface area contributed by atoms with Gasteiger partial charge in [-0.1, -0.05) is 20.8 Å². The maximum Gasteiger partial charge on any atom is 0.321 e. The zero-order valence-electron chi connectivity index (χ0n) is 20.3. The van der Waals surface area contributed by atoms with Crippen molar-refractivity contribution in [1.29, 1.82) is 0 Å². The summed E-state index contributed by atoms with van der Waals surface area (Å²) in [6, 6.07) is 0. The third kappa shape index (κ3) is 4.24. The highest BCUT2D eigenvalue weighted by molar-refractivity contribution is 6.26. The molecule has 4 fully saturated rings. The molecule has 7 heteroatoms. The summed E-state index contributed by atoms with van der Waals surface area (Å²) in [5, 5.41) is 0. The number of hydrogen-bond donors (Lipinski definition) is 0. The van der Waals surface area contributed by atoms with Gasteiger partial charge in [0, 0.05) is 11.8 Å². The van der Waals surface area contributed by atoms with Crippen molar-refractivity contribution in [3.8, 4) is 0 Å². The fourth-order valence-electron chi connectivity index (χ4n) is 9.10. The molecule has 10 atom stereocenters. The van der Waals surface area contributed by atoms with Gasteiger partial charge in [0.15, 0.2) is 0 Å². The number of carbonyl (C=O) groups excluding carboxylic acids is 3. The first kappa shape index (κ1) is 25.3. The van der Waals surface area contributed by atoms with Gasteiger partial charge in [0.05, 0.1) is 0 Å². The summed E-state index contributed by atoms with van der Waals surface area (Å²) >= 11 is 11.5. The summed E-state index contributed by atoms with van der Waals surface area (Å²) in [6.45, 7) is 8.67. The third-order valence-corrected chi connectivity index (χ3v) is 10.6. The van der Waals surface area contributed by atoms with Gasteiger partial charge in [0.1, 0.15) is 29.8 Å². The van der Waals surface area contributed by atoms with E-state index in [0.29, 0.717) is 23.7 Å². The molecule has 4 aliphatic carbocycles. The Labute approximate surface area is 207 Å². The van der Waals surface area contributed by atoms with E-state index in [0.717, 1.165) is 44.9 Å². The largest absolute Gasteiger partial charge is 0.461 e. The molecular weight excluding hydrogens is 463 g/mol. The summed E-state index contributed by atoms with van der Waals surface area (Å²) in [5.41, 5.74) is -0.153. The van der Waals surface area contributed by atoms with Gasteiger partial charge in [-0.2, -0.15) is 0 Å². The second kappa shape index (κ2) is 9.33. The summed E-state index contributed by atoms with van der Waals surface area (Å²) < 4.78 is 11.7. The van der Waals surface area contributed by atoms with E-state index in [1.165, 1.54) is 0 Å². The zero-order valence-corrected chi connectivity index (χ0v) is 21.8. The Balaban J connectivity index is 1.68. The van der Waals surface area contributed by atoms with Crippen LogP contribution in [0.15, 0.2) is 0 Å². The molecule has 0 aromatic rings. The minimum absolute atomic E-state index is 0.0148. The van der Waals surface area contributed by atoms with Crippen LogP contribution >= 0.6 is 23.2 Å². The predicted octanol–water partition coefficient (Wildman–Crippen LogP) is 5.39. The Bertz CT molecular complexity index is 802. The molecule has 0 aromatic carbocycles. The van der Waals surface area contributed by atoms with Crippen LogP contribution in [0.4, 0.5) is 0 Å². The van der Waals surface area contributed by atoms with Crippen LogP contribution in [-0.2, 0) is 23.9 Å². The van der Waals surface area contributed by atoms with Gasteiger partial charge in [-0.3, -0.25) is 14.4 Å². The van der Waals surface area contributed by atoms with Gasteiger partial charge in [0.2, 0.25) is 0 Å². The Morgan fingerprint density at radius 1 is 0.909 bits per heavy atom. The average molecular weight is 501 g/mol. The van der Waals surface area contributed by atoms with E-state index in [1.54, 1.807) is 6.92 Å². The Kier molecular flexibility index (Phi) is 7.15. The first-order chi connectivity index (χ1) is 15.5. The minimum Gasteiger partial charge on any atom is -0.461 e. The van der Waals surface area contributed by atoms with Gasteiger partial charge < -0.3 is 9.47 Å². The fraction of sp³-hybridized carbons (Fsp3) is 0.885. The molecule has 0 aliphatic heterocycles. The van der Waals surface area contributed by atoms with Crippen LogP contribution in [0.25, 0.3) is 0 Å². The molecular formula is C26H38Cl2O5. The van der Waals surface area contributed by atoms with Crippen LogP contribution in [-0.4, -0.2) is 41.7 Å².